The van der Waals surface area contributed by atoms with Gasteiger partial charge in [0, 0.05) is 25.6 Å². The monoisotopic (exact) mass is 508 g/mol. The first-order chi connectivity index (χ1) is 17.2. The van der Waals surface area contributed by atoms with Gasteiger partial charge in [0.1, 0.15) is 5.60 Å². The molecule has 1 aliphatic carbocycles. The third-order valence-corrected chi connectivity index (χ3v) is 7.34. The van der Waals surface area contributed by atoms with E-state index in [2.05, 4.69) is 24.1 Å². The second-order valence-corrected chi connectivity index (χ2v) is 12.2. The molecule has 0 unspecified atom stereocenters. The molecule has 0 aromatic heterocycles. The summed E-state index contributed by atoms with van der Waals surface area (Å²) in [5, 5.41) is 2.95. The summed E-state index contributed by atoms with van der Waals surface area (Å²) in [6, 6.07) is 0.145. The lowest BCUT2D eigenvalue weighted by Gasteiger charge is -2.37. The molecule has 1 rings (SSSR count). The van der Waals surface area contributed by atoms with E-state index in [0.29, 0.717) is 18.2 Å². The van der Waals surface area contributed by atoms with E-state index in [1.54, 1.807) is 0 Å². The Morgan fingerprint density at radius 1 is 0.722 bits per heavy atom. The van der Waals surface area contributed by atoms with Gasteiger partial charge in [0.2, 0.25) is 5.91 Å². The summed E-state index contributed by atoms with van der Waals surface area (Å²) in [4.78, 5) is 27.3. The Morgan fingerprint density at radius 3 is 1.56 bits per heavy atom. The van der Waals surface area contributed by atoms with Crippen LogP contribution in [-0.2, 0) is 9.53 Å². The third kappa shape index (κ3) is 17.2. The summed E-state index contributed by atoms with van der Waals surface area (Å²) in [7, 11) is 0. The van der Waals surface area contributed by atoms with Crippen molar-refractivity contribution in [1.29, 1.82) is 0 Å². The summed E-state index contributed by atoms with van der Waals surface area (Å²) < 4.78 is 5.36. The summed E-state index contributed by atoms with van der Waals surface area (Å²) in [5.41, 5.74) is -0.477. The molecule has 1 fully saturated rings. The predicted octanol–water partition coefficient (Wildman–Crippen LogP) is 8.79. The molecule has 36 heavy (non-hydrogen) atoms. The molecular formula is C31H60N2O3. The van der Waals surface area contributed by atoms with E-state index in [4.69, 9.17) is 4.74 Å². The minimum absolute atomic E-state index is 0.145. The minimum Gasteiger partial charge on any atom is -0.444 e. The standard InChI is InChI=1S/C31H60N2O3/c1-6-8-10-12-14-16-18-20-22-33(23-21-19-17-15-13-11-9-7-2)29(34)26-27-24-28(25-27)32-30(35)36-31(3,4)5/h27-28H,6-26H2,1-5H3,(H,32,35). The molecule has 0 bridgehead atoms. The molecule has 0 spiro atoms. The molecule has 0 radical (unpaired) electrons. The molecule has 1 saturated carbocycles. The van der Waals surface area contributed by atoms with E-state index in [1.165, 1.54) is 89.9 Å². The molecule has 2 amide bonds. The molecule has 212 valence electrons. The molecule has 0 heterocycles. The Labute approximate surface area is 223 Å². The fraction of sp³-hybridized carbons (Fsp3) is 0.935. The van der Waals surface area contributed by atoms with Gasteiger partial charge in [0.05, 0.1) is 0 Å². The van der Waals surface area contributed by atoms with Crippen LogP contribution in [0.2, 0.25) is 0 Å². The number of ether oxygens (including phenoxy) is 1. The maximum atomic E-state index is 13.2. The van der Waals surface area contributed by atoms with Crippen molar-refractivity contribution >= 4 is 12.0 Å². The lowest BCUT2D eigenvalue weighted by atomic mass is 9.78. The van der Waals surface area contributed by atoms with Crippen molar-refractivity contribution in [2.75, 3.05) is 13.1 Å². The van der Waals surface area contributed by atoms with Gasteiger partial charge in [-0.1, -0.05) is 104 Å². The highest BCUT2D eigenvalue weighted by atomic mass is 16.6. The SMILES string of the molecule is CCCCCCCCCCN(CCCCCCCCCC)C(=O)CC1CC(NC(=O)OC(C)(C)C)C1. The Balaban J connectivity index is 2.33. The van der Waals surface area contributed by atoms with Gasteiger partial charge >= 0.3 is 6.09 Å². The third-order valence-electron chi connectivity index (χ3n) is 7.34. The van der Waals surface area contributed by atoms with Gasteiger partial charge < -0.3 is 15.0 Å². The normalized spacial score (nSPS) is 17.5. The predicted molar refractivity (Wildman–Crippen MR) is 152 cm³/mol. The van der Waals surface area contributed by atoms with Crippen LogP contribution in [0.3, 0.4) is 0 Å². The maximum absolute atomic E-state index is 13.2. The van der Waals surface area contributed by atoms with Crippen LogP contribution < -0.4 is 5.32 Å². The molecule has 1 aliphatic rings. The lowest BCUT2D eigenvalue weighted by molar-refractivity contribution is -0.133. The Kier molecular flexibility index (Phi) is 18.0. The van der Waals surface area contributed by atoms with Gasteiger partial charge in [-0.15, -0.1) is 0 Å². The van der Waals surface area contributed by atoms with Crippen LogP contribution >= 0.6 is 0 Å². The molecule has 0 atom stereocenters. The summed E-state index contributed by atoms with van der Waals surface area (Å²) >= 11 is 0. The highest BCUT2D eigenvalue weighted by Crippen LogP contribution is 2.31. The van der Waals surface area contributed by atoms with Gasteiger partial charge in [-0.05, 0) is 52.4 Å². The zero-order chi connectivity index (χ0) is 26.7. The van der Waals surface area contributed by atoms with Crippen molar-refractivity contribution < 1.29 is 14.3 Å². The molecule has 0 aliphatic heterocycles. The van der Waals surface area contributed by atoms with Crippen molar-refractivity contribution in [3.8, 4) is 0 Å². The Morgan fingerprint density at radius 2 is 1.14 bits per heavy atom. The van der Waals surface area contributed by atoms with E-state index in [-0.39, 0.29) is 12.1 Å². The number of amides is 2. The average molecular weight is 509 g/mol. The molecule has 0 aromatic rings. The summed E-state index contributed by atoms with van der Waals surface area (Å²) in [6.45, 7) is 12.0. The van der Waals surface area contributed by atoms with Crippen LogP contribution in [0.1, 0.15) is 157 Å². The number of unbranched alkanes of at least 4 members (excludes halogenated alkanes) is 14. The van der Waals surface area contributed by atoms with E-state index >= 15 is 0 Å². The van der Waals surface area contributed by atoms with Gasteiger partial charge in [-0.3, -0.25) is 4.79 Å². The topological polar surface area (TPSA) is 58.6 Å². The van der Waals surface area contributed by atoms with Crippen molar-refractivity contribution in [2.24, 2.45) is 5.92 Å². The zero-order valence-electron chi connectivity index (χ0n) is 24.7. The largest absolute Gasteiger partial charge is 0.444 e. The lowest BCUT2D eigenvalue weighted by Crippen LogP contribution is -2.47. The molecule has 0 aromatic carbocycles. The van der Waals surface area contributed by atoms with Gasteiger partial charge in [-0.2, -0.15) is 0 Å². The number of nitrogens with zero attached hydrogens (tertiary/aromatic N) is 1. The highest BCUT2D eigenvalue weighted by molar-refractivity contribution is 5.76. The Hall–Kier alpha value is -1.26. The smallest absolute Gasteiger partial charge is 0.407 e. The summed E-state index contributed by atoms with van der Waals surface area (Å²) in [6.07, 6.45) is 22.8. The van der Waals surface area contributed by atoms with Gasteiger partial charge in [0.15, 0.2) is 0 Å². The van der Waals surface area contributed by atoms with Crippen LogP contribution in [0.5, 0.6) is 0 Å². The maximum Gasteiger partial charge on any atom is 0.407 e. The van der Waals surface area contributed by atoms with Crippen LogP contribution in [0.25, 0.3) is 0 Å². The molecule has 5 heteroatoms. The number of nitrogens with one attached hydrogen (secondary N) is 1. The number of alkyl carbamates (subject to hydrolysis) is 1. The van der Waals surface area contributed by atoms with Gasteiger partial charge in [0.25, 0.3) is 0 Å². The number of rotatable bonds is 21. The van der Waals surface area contributed by atoms with E-state index < -0.39 is 5.60 Å². The molecular weight excluding hydrogens is 448 g/mol. The number of hydrogen-bond acceptors (Lipinski definition) is 3. The number of carbonyl (C=O) groups is 2. The van der Waals surface area contributed by atoms with E-state index in [0.717, 1.165) is 38.8 Å². The minimum atomic E-state index is -0.477. The van der Waals surface area contributed by atoms with E-state index in [9.17, 15) is 9.59 Å². The van der Waals surface area contributed by atoms with Gasteiger partial charge in [-0.25, -0.2) is 4.79 Å². The van der Waals surface area contributed by atoms with Crippen LogP contribution in [0.15, 0.2) is 0 Å². The summed E-state index contributed by atoms with van der Waals surface area (Å²) in [5.74, 6) is 0.707. The first-order valence-electron chi connectivity index (χ1n) is 15.5. The molecule has 1 N–H and O–H groups in total. The average Bonchev–Trinajstić information content (AvgIpc) is 2.78. The second-order valence-electron chi connectivity index (χ2n) is 12.2. The second kappa shape index (κ2) is 19.8. The van der Waals surface area contributed by atoms with E-state index in [1.807, 2.05) is 20.8 Å². The first-order valence-corrected chi connectivity index (χ1v) is 15.5. The first kappa shape index (κ1) is 32.8. The number of carbonyl (C=O) groups excluding carboxylic acids is 2. The quantitative estimate of drug-likeness (QED) is 0.158. The van der Waals surface area contributed by atoms with Crippen molar-refractivity contribution in [2.45, 2.75) is 168 Å². The van der Waals surface area contributed by atoms with Crippen LogP contribution in [0, 0.1) is 5.92 Å². The highest BCUT2D eigenvalue weighted by Gasteiger charge is 2.33. The van der Waals surface area contributed by atoms with Crippen molar-refractivity contribution in [1.82, 2.24) is 10.2 Å². The zero-order valence-corrected chi connectivity index (χ0v) is 24.7. The number of hydrogen-bond donors (Lipinski definition) is 1. The Bertz CT molecular complexity index is 547. The molecule has 0 saturated heterocycles. The van der Waals surface area contributed by atoms with Crippen molar-refractivity contribution in [3.63, 3.8) is 0 Å². The van der Waals surface area contributed by atoms with Crippen molar-refractivity contribution in [3.05, 3.63) is 0 Å². The molecule has 5 nitrogen and oxygen atoms in total. The van der Waals surface area contributed by atoms with Crippen LogP contribution in [0.4, 0.5) is 4.79 Å². The fourth-order valence-electron chi connectivity index (χ4n) is 5.10. The van der Waals surface area contributed by atoms with Crippen LogP contribution in [-0.4, -0.2) is 41.6 Å². The fourth-order valence-corrected chi connectivity index (χ4v) is 5.10.